The average Bonchev–Trinajstić information content (AvgIpc) is 3.10. The molecule has 1 nitrogen and oxygen atoms in total. The van der Waals surface area contributed by atoms with Crippen LogP contribution in [0.2, 0.25) is 0 Å². The topological polar surface area (TPSA) is 12.0 Å². The largest absolute Gasteiger partial charge is 0.314 e. The van der Waals surface area contributed by atoms with Gasteiger partial charge in [-0.3, -0.25) is 0 Å². The quantitative estimate of drug-likeness (QED) is 0.739. The molecule has 5 rings (SSSR count). The lowest BCUT2D eigenvalue weighted by molar-refractivity contribution is 0.102. The smallest absolute Gasteiger partial charge is 0.00982 e. The fraction of sp³-hybridized carbons (Fsp3) is 0.667. The molecule has 1 heterocycles. The highest BCUT2D eigenvalue weighted by molar-refractivity contribution is 5.65. The molecule has 0 amide bonds. The van der Waals surface area contributed by atoms with Gasteiger partial charge in [-0.1, -0.05) is 42.8 Å². The zero-order chi connectivity index (χ0) is 17.0. The number of benzene rings is 1. The molecule has 1 heteroatoms. The molecular formula is C24H33N. The normalized spacial score (nSPS) is 42.5. The first-order valence-electron chi connectivity index (χ1n) is 10.7. The van der Waals surface area contributed by atoms with Crippen molar-refractivity contribution in [3.8, 4) is 0 Å². The van der Waals surface area contributed by atoms with E-state index >= 15 is 0 Å². The maximum atomic E-state index is 3.88. The van der Waals surface area contributed by atoms with E-state index in [1.165, 1.54) is 50.6 Å². The maximum absolute atomic E-state index is 3.88. The van der Waals surface area contributed by atoms with Crippen LogP contribution in [0.15, 0.2) is 29.8 Å². The van der Waals surface area contributed by atoms with E-state index in [-0.39, 0.29) is 0 Å². The summed E-state index contributed by atoms with van der Waals surface area (Å²) < 4.78 is 0. The SMILES string of the molecule is CC1=Cc2ccccc2C1CC1C(C)CC2CC3CCCNC3CC21. The Labute approximate surface area is 153 Å². The Kier molecular flexibility index (Phi) is 4.04. The lowest BCUT2D eigenvalue weighted by Gasteiger charge is -2.44. The van der Waals surface area contributed by atoms with Crippen molar-refractivity contribution in [3.05, 3.63) is 41.0 Å². The summed E-state index contributed by atoms with van der Waals surface area (Å²) in [7, 11) is 0. The Morgan fingerprint density at radius 2 is 1.96 bits per heavy atom. The second kappa shape index (κ2) is 6.27. The minimum Gasteiger partial charge on any atom is -0.314 e. The number of nitrogens with one attached hydrogen (secondary N) is 1. The van der Waals surface area contributed by atoms with Gasteiger partial charge in [0, 0.05) is 12.0 Å². The van der Waals surface area contributed by atoms with Crippen molar-refractivity contribution in [3.63, 3.8) is 0 Å². The van der Waals surface area contributed by atoms with Crippen LogP contribution in [0.5, 0.6) is 0 Å². The van der Waals surface area contributed by atoms with Crippen LogP contribution >= 0.6 is 0 Å². The highest BCUT2D eigenvalue weighted by Crippen LogP contribution is 2.55. The molecule has 0 bridgehead atoms. The third-order valence-electron chi connectivity index (χ3n) is 8.23. The first-order chi connectivity index (χ1) is 12.2. The van der Waals surface area contributed by atoms with Crippen LogP contribution in [0, 0.1) is 29.6 Å². The molecule has 0 radical (unpaired) electrons. The van der Waals surface area contributed by atoms with Gasteiger partial charge in [-0.15, -0.1) is 0 Å². The van der Waals surface area contributed by atoms with Gasteiger partial charge in [0.1, 0.15) is 0 Å². The lowest BCUT2D eigenvalue weighted by Crippen LogP contribution is -2.47. The van der Waals surface area contributed by atoms with Crippen LogP contribution in [0.1, 0.15) is 69.4 Å². The Hall–Kier alpha value is -1.08. The van der Waals surface area contributed by atoms with Gasteiger partial charge >= 0.3 is 0 Å². The third kappa shape index (κ3) is 2.70. The van der Waals surface area contributed by atoms with Crippen LogP contribution in [0.3, 0.4) is 0 Å². The zero-order valence-electron chi connectivity index (χ0n) is 15.9. The maximum Gasteiger partial charge on any atom is 0.00982 e. The van der Waals surface area contributed by atoms with Crippen LogP contribution in [-0.2, 0) is 0 Å². The summed E-state index contributed by atoms with van der Waals surface area (Å²) in [5, 5.41) is 3.88. The van der Waals surface area contributed by atoms with E-state index in [2.05, 4.69) is 49.5 Å². The summed E-state index contributed by atoms with van der Waals surface area (Å²) >= 11 is 0. The van der Waals surface area contributed by atoms with Crippen molar-refractivity contribution in [2.24, 2.45) is 29.6 Å². The summed E-state index contributed by atoms with van der Waals surface area (Å²) in [6.07, 6.45) is 11.2. The second-order valence-electron chi connectivity index (χ2n) is 9.54. The van der Waals surface area contributed by atoms with Crippen molar-refractivity contribution in [1.82, 2.24) is 5.32 Å². The molecule has 25 heavy (non-hydrogen) atoms. The van der Waals surface area contributed by atoms with Gasteiger partial charge in [0.25, 0.3) is 0 Å². The van der Waals surface area contributed by atoms with E-state index in [9.17, 15) is 0 Å². The summed E-state index contributed by atoms with van der Waals surface area (Å²) in [4.78, 5) is 0. The fourth-order valence-electron chi connectivity index (χ4n) is 7.04. The average molecular weight is 336 g/mol. The third-order valence-corrected chi connectivity index (χ3v) is 8.23. The number of fused-ring (bicyclic) bond motifs is 3. The second-order valence-corrected chi connectivity index (χ2v) is 9.54. The number of hydrogen-bond acceptors (Lipinski definition) is 1. The standard InChI is InChI=1S/C24H33N/c1-15-10-17-6-3-4-8-20(17)21(15)13-22-16(2)11-19-12-18-7-5-9-25-24(18)14-23(19)22/h3-4,6,8,10,16,18-19,21-25H,5,7,9,11-14H2,1-2H3. The molecule has 1 aliphatic heterocycles. The van der Waals surface area contributed by atoms with Gasteiger partial charge in [-0.25, -0.2) is 0 Å². The van der Waals surface area contributed by atoms with E-state index in [1.54, 1.807) is 11.1 Å². The number of piperidine rings is 1. The molecule has 1 saturated heterocycles. The minimum atomic E-state index is 0.680. The summed E-state index contributed by atoms with van der Waals surface area (Å²) in [5.74, 6) is 5.49. The van der Waals surface area contributed by atoms with E-state index in [1.807, 2.05) is 0 Å². The molecular weight excluding hydrogens is 302 g/mol. The first-order valence-corrected chi connectivity index (χ1v) is 10.7. The molecule has 134 valence electrons. The highest BCUT2D eigenvalue weighted by Gasteiger charge is 2.48. The molecule has 3 fully saturated rings. The summed E-state index contributed by atoms with van der Waals surface area (Å²) in [6.45, 7) is 6.18. The van der Waals surface area contributed by atoms with Crippen LogP contribution in [0.25, 0.3) is 6.08 Å². The van der Waals surface area contributed by atoms with E-state index < -0.39 is 0 Å². The first kappa shape index (κ1) is 16.1. The van der Waals surface area contributed by atoms with Crippen LogP contribution in [0.4, 0.5) is 0 Å². The molecule has 0 aromatic heterocycles. The van der Waals surface area contributed by atoms with Gasteiger partial charge in [0.15, 0.2) is 0 Å². The van der Waals surface area contributed by atoms with Gasteiger partial charge in [-0.05, 0) is 92.7 Å². The molecule has 4 aliphatic rings. The fourth-order valence-corrected chi connectivity index (χ4v) is 7.04. The monoisotopic (exact) mass is 335 g/mol. The van der Waals surface area contributed by atoms with Gasteiger partial charge in [0.05, 0.1) is 0 Å². The van der Waals surface area contributed by atoms with E-state index in [0.29, 0.717) is 5.92 Å². The van der Waals surface area contributed by atoms with E-state index in [4.69, 9.17) is 0 Å². The van der Waals surface area contributed by atoms with Gasteiger partial charge in [-0.2, -0.15) is 0 Å². The predicted molar refractivity (Wildman–Crippen MR) is 105 cm³/mol. The molecule has 2 saturated carbocycles. The zero-order valence-corrected chi connectivity index (χ0v) is 15.9. The van der Waals surface area contributed by atoms with Gasteiger partial charge in [0.2, 0.25) is 0 Å². The number of hydrogen-bond donors (Lipinski definition) is 1. The molecule has 3 aliphatic carbocycles. The van der Waals surface area contributed by atoms with Crippen LogP contribution in [-0.4, -0.2) is 12.6 Å². The lowest BCUT2D eigenvalue weighted by atomic mass is 9.67. The molecule has 7 unspecified atom stereocenters. The van der Waals surface area contributed by atoms with Crippen molar-refractivity contribution >= 4 is 6.08 Å². The van der Waals surface area contributed by atoms with Crippen molar-refractivity contribution in [2.75, 3.05) is 6.54 Å². The predicted octanol–water partition coefficient (Wildman–Crippen LogP) is 5.63. The van der Waals surface area contributed by atoms with Crippen molar-refractivity contribution in [1.29, 1.82) is 0 Å². The highest BCUT2D eigenvalue weighted by atomic mass is 14.9. The minimum absolute atomic E-state index is 0.680. The van der Waals surface area contributed by atoms with Crippen molar-refractivity contribution in [2.45, 2.75) is 64.3 Å². The molecule has 1 aromatic rings. The molecule has 7 atom stereocenters. The number of rotatable bonds is 2. The Morgan fingerprint density at radius 3 is 2.88 bits per heavy atom. The Bertz CT molecular complexity index is 674. The van der Waals surface area contributed by atoms with E-state index in [0.717, 1.165) is 35.6 Å². The summed E-state index contributed by atoms with van der Waals surface area (Å²) in [5.41, 5.74) is 4.67. The molecule has 1 aromatic carbocycles. The Morgan fingerprint density at radius 1 is 1.08 bits per heavy atom. The van der Waals surface area contributed by atoms with Crippen molar-refractivity contribution < 1.29 is 0 Å². The molecule has 0 spiro atoms. The number of allylic oxidation sites excluding steroid dienone is 1. The summed E-state index contributed by atoms with van der Waals surface area (Å²) in [6, 6.07) is 9.93. The van der Waals surface area contributed by atoms with Gasteiger partial charge < -0.3 is 5.32 Å². The van der Waals surface area contributed by atoms with Crippen LogP contribution < -0.4 is 5.32 Å². The molecule has 1 N–H and O–H groups in total. The Balaban J connectivity index is 1.36.